The van der Waals surface area contributed by atoms with Gasteiger partial charge in [0.1, 0.15) is 11.9 Å². The molecule has 0 aromatic heterocycles. The molecule has 0 radical (unpaired) electrons. The molecule has 3 atom stereocenters. The number of hydrogen-bond donors (Lipinski definition) is 0. The van der Waals surface area contributed by atoms with Crippen LogP contribution in [0.1, 0.15) is 50.4 Å². The van der Waals surface area contributed by atoms with E-state index in [1.54, 1.807) is 6.07 Å². The molecule has 0 saturated heterocycles. The molecule has 0 N–H and O–H groups in total. The summed E-state index contributed by atoms with van der Waals surface area (Å²) in [5, 5.41) is 0. The Morgan fingerprint density at radius 1 is 1.38 bits per heavy atom. The minimum absolute atomic E-state index is 0.0210. The van der Waals surface area contributed by atoms with Gasteiger partial charge in [-0.15, -0.1) is 0 Å². The average Bonchev–Trinajstić information content (AvgIpc) is 2.74. The van der Waals surface area contributed by atoms with E-state index in [1.165, 1.54) is 18.6 Å². The largest absolute Gasteiger partial charge is 0.458 e. The number of carbonyl (C=O) groups excluding carboxylic acids is 1. The molecular weight excluding hydrogens is 335 g/mol. The smallest absolute Gasteiger partial charge is 0.339 e. The highest BCUT2D eigenvalue weighted by atomic mass is 79.9. The van der Waals surface area contributed by atoms with Gasteiger partial charge >= 0.3 is 5.97 Å². The molecule has 114 valence electrons. The maximum Gasteiger partial charge on any atom is 0.339 e. The van der Waals surface area contributed by atoms with E-state index < -0.39 is 11.8 Å². The molecule has 2 aliphatic carbocycles. The molecule has 2 nitrogen and oxygen atoms in total. The first-order valence-electron chi connectivity index (χ1n) is 7.42. The van der Waals surface area contributed by atoms with Crippen LogP contribution in [-0.2, 0) is 4.74 Å². The van der Waals surface area contributed by atoms with Crippen molar-refractivity contribution < 1.29 is 13.9 Å². The number of carbonyl (C=O) groups is 1. The van der Waals surface area contributed by atoms with E-state index >= 15 is 0 Å². The third-order valence-corrected chi connectivity index (χ3v) is 6.80. The molecule has 2 bridgehead atoms. The number of esters is 1. The number of hydrogen-bond acceptors (Lipinski definition) is 2. The summed E-state index contributed by atoms with van der Waals surface area (Å²) in [6, 6.07) is 4.09. The second-order valence-corrected chi connectivity index (χ2v) is 7.98. The van der Waals surface area contributed by atoms with Crippen molar-refractivity contribution in [3.05, 3.63) is 34.1 Å². The molecule has 1 aromatic rings. The van der Waals surface area contributed by atoms with Crippen LogP contribution in [0.5, 0.6) is 0 Å². The minimum Gasteiger partial charge on any atom is -0.458 e. The zero-order valence-electron chi connectivity index (χ0n) is 12.6. The Balaban J connectivity index is 1.82. The molecule has 0 heterocycles. The van der Waals surface area contributed by atoms with Crippen molar-refractivity contribution in [1.82, 2.24) is 0 Å². The van der Waals surface area contributed by atoms with E-state index in [1.807, 2.05) is 0 Å². The molecule has 2 aliphatic rings. The number of rotatable bonds is 2. The van der Waals surface area contributed by atoms with Crippen LogP contribution < -0.4 is 0 Å². The van der Waals surface area contributed by atoms with Crippen molar-refractivity contribution in [2.24, 2.45) is 16.7 Å². The molecule has 2 fully saturated rings. The van der Waals surface area contributed by atoms with E-state index in [0.29, 0.717) is 10.4 Å². The molecular formula is C17H20BrFO2. The molecule has 0 aliphatic heterocycles. The molecule has 0 spiro atoms. The Hall–Kier alpha value is -0.900. The highest BCUT2D eigenvalue weighted by molar-refractivity contribution is 9.10. The molecule has 3 rings (SSSR count). The normalized spacial score (nSPS) is 33.2. The van der Waals surface area contributed by atoms with Gasteiger partial charge < -0.3 is 4.74 Å². The van der Waals surface area contributed by atoms with Gasteiger partial charge in [0, 0.05) is 9.89 Å². The Kier molecular flexibility index (Phi) is 3.43. The number of halogens is 2. The van der Waals surface area contributed by atoms with Gasteiger partial charge in [-0.3, -0.25) is 0 Å². The summed E-state index contributed by atoms with van der Waals surface area (Å²) >= 11 is 3.29. The summed E-state index contributed by atoms with van der Waals surface area (Å²) in [4.78, 5) is 12.4. The van der Waals surface area contributed by atoms with Crippen molar-refractivity contribution in [3.63, 3.8) is 0 Å². The summed E-state index contributed by atoms with van der Waals surface area (Å²) in [6.45, 7) is 6.77. The van der Waals surface area contributed by atoms with Crippen LogP contribution in [0.25, 0.3) is 0 Å². The van der Waals surface area contributed by atoms with E-state index in [4.69, 9.17) is 4.74 Å². The van der Waals surface area contributed by atoms with Gasteiger partial charge in [0.05, 0.1) is 5.56 Å². The van der Waals surface area contributed by atoms with Crippen LogP contribution in [0.2, 0.25) is 0 Å². The Morgan fingerprint density at radius 2 is 2.10 bits per heavy atom. The average molecular weight is 355 g/mol. The highest BCUT2D eigenvalue weighted by Crippen LogP contribution is 2.66. The van der Waals surface area contributed by atoms with Gasteiger partial charge in [0.25, 0.3) is 0 Å². The van der Waals surface area contributed by atoms with Gasteiger partial charge in [-0.05, 0) is 64.7 Å². The molecule has 0 amide bonds. The lowest BCUT2D eigenvalue weighted by molar-refractivity contribution is -0.0243. The third-order valence-electron chi connectivity index (χ3n) is 6.11. The van der Waals surface area contributed by atoms with Crippen molar-refractivity contribution in [3.8, 4) is 0 Å². The summed E-state index contributed by atoms with van der Waals surface area (Å²) in [5.74, 6) is -0.253. The predicted molar refractivity (Wildman–Crippen MR) is 82.5 cm³/mol. The van der Waals surface area contributed by atoms with E-state index in [9.17, 15) is 9.18 Å². The molecule has 2 saturated carbocycles. The predicted octanol–water partition coefficient (Wildman–Crippen LogP) is 4.96. The summed E-state index contributed by atoms with van der Waals surface area (Å²) in [7, 11) is 0. The van der Waals surface area contributed by atoms with Crippen LogP contribution in [0.15, 0.2) is 22.7 Å². The number of fused-ring (bicyclic) bond motifs is 2. The van der Waals surface area contributed by atoms with Crippen molar-refractivity contribution >= 4 is 21.9 Å². The second kappa shape index (κ2) is 4.80. The molecule has 1 aromatic carbocycles. The lowest BCUT2D eigenvalue weighted by Crippen LogP contribution is -2.38. The fourth-order valence-electron chi connectivity index (χ4n) is 4.16. The van der Waals surface area contributed by atoms with Crippen molar-refractivity contribution in [1.29, 1.82) is 0 Å². The summed E-state index contributed by atoms with van der Waals surface area (Å²) in [6.07, 6.45) is 3.14. The zero-order chi connectivity index (χ0) is 15.4. The van der Waals surface area contributed by atoms with Crippen LogP contribution >= 0.6 is 15.9 Å². The SMILES string of the molecule is CC1(C)C2CCC1(C)C(OC(=O)c1cc(F)ccc1Br)C2. The van der Waals surface area contributed by atoms with Gasteiger partial charge in [0.15, 0.2) is 0 Å². The zero-order valence-corrected chi connectivity index (χ0v) is 14.2. The standard InChI is InChI=1S/C17H20BrFO2/c1-16(2)10-6-7-17(16,3)14(8-10)21-15(20)12-9-11(19)4-5-13(12)18/h4-5,9-10,14H,6-8H2,1-3H3. The first-order chi connectivity index (χ1) is 9.75. The number of benzene rings is 1. The van der Waals surface area contributed by atoms with Crippen LogP contribution in [0, 0.1) is 22.6 Å². The van der Waals surface area contributed by atoms with Gasteiger partial charge in [-0.1, -0.05) is 20.8 Å². The van der Waals surface area contributed by atoms with E-state index in [0.717, 1.165) is 12.8 Å². The second-order valence-electron chi connectivity index (χ2n) is 7.13. The Labute approximate surface area is 133 Å². The quantitative estimate of drug-likeness (QED) is 0.701. The van der Waals surface area contributed by atoms with E-state index in [2.05, 4.69) is 36.7 Å². The maximum absolute atomic E-state index is 13.3. The topological polar surface area (TPSA) is 26.3 Å². The lowest BCUT2D eigenvalue weighted by Gasteiger charge is -2.38. The molecule has 21 heavy (non-hydrogen) atoms. The third kappa shape index (κ3) is 2.14. The lowest BCUT2D eigenvalue weighted by atomic mass is 9.70. The Bertz CT molecular complexity index is 598. The van der Waals surface area contributed by atoms with Crippen LogP contribution in [0.3, 0.4) is 0 Å². The van der Waals surface area contributed by atoms with Crippen LogP contribution in [0.4, 0.5) is 4.39 Å². The van der Waals surface area contributed by atoms with Crippen LogP contribution in [-0.4, -0.2) is 12.1 Å². The fourth-order valence-corrected chi connectivity index (χ4v) is 4.56. The van der Waals surface area contributed by atoms with Gasteiger partial charge in [-0.2, -0.15) is 0 Å². The molecule has 3 unspecified atom stereocenters. The molecule has 4 heteroatoms. The Morgan fingerprint density at radius 3 is 2.67 bits per heavy atom. The summed E-state index contributed by atoms with van der Waals surface area (Å²) < 4.78 is 19.7. The maximum atomic E-state index is 13.3. The van der Waals surface area contributed by atoms with Crippen molar-refractivity contribution in [2.45, 2.75) is 46.1 Å². The monoisotopic (exact) mass is 354 g/mol. The van der Waals surface area contributed by atoms with Gasteiger partial charge in [-0.25, -0.2) is 9.18 Å². The minimum atomic E-state index is -0.434. The number of ether oxygens (including phenoxy) is 1. The first-order valence-corrected chi connectivity index (χ1v) is 8.21. The first kappa shape index (κ1) is 15.0. The van der Waals surface area contributed by atoms with Crippen molar-refractivity contribution in [2.75, 3.05) is 0 Å². The highest BCUT2D eigenvalue weighted by Gasteiger charge is 2.62. The summed E-state index contributed by atoms with van der Waals surface area (Å²) in [5.41, 5.74) is 0.476. The van der Waals surface area contributed by atoms with Gasteiger partial charge in [0.2, 0.25) is 0 Å². The van der Waals surface area contributed by atoms with E-state index in [-0.39, 0.29) is 22.5 Å². The fraction of sp³-hybridized carbons (Fsp3) is 0.588.